The summed E-state index contributed by atoms with van der Waals surface area (Å²) in [7, 11) is 0. The molecule has 1 atom stereocenters. The predicted molar refractivity (Wildman–Crippen MR) is 115 cm³/mol. The molecule has 31 heavy (non-hydrogen) atoms. The van der Waals surface area contributed by atoms with Crippen LogP contribution in [0.4, 0.5) is 4.39 Å². The van der Waals surface area contributed by atoms with Gasteiger partial charge in [-0.2, -0.15) is 5.10 Å². The molecule has 0 unspecified atom stereocenters. The van der Waals surface area contributed by atoms with Crippen LogP contribution in [0.15, 0.2) is 59.4 Å². The highest BCUT2D eigenvalue weighted by Crippen LogP contribution is 2.24. The number of rotatable bonds is 4. The summed E-state index contributed by atoms with van der Waals surface area (Å²) in [6, 6.07) is 15.8. The molecular formula is C23H22FN5O2. The van der Waals surface area contributed by atoms with E-state index in [-0.39, 0.29) is 17.5 Å². The average molecular weight is 419 g/mol. The molecule has 1 saturated heterocycles. The topological polar surface area (TPSA) is 86.8 Å². The molecule has 1 aliphatic rings. The number of nitrogens with one attached hydrogen (secondary N) is 2. The number of piperidine rings is 1. The molecule has 0 saturated carbocycles. The van der Waals surface area contributed by atoms with Crippen LogP contribution >= 0.6 is 0 Å². The number of aromatic amines is 2. The van der Waals surface area contributed by atoms with E-state index in [1.165, 1.54) is 10.6 Å². The first-order valence-electron chi connectivity index (χ1n) is 10.4. The van der Waals surface area contributed by atoms with E-state index in [4.69, 9.17) is 0 Å². The van der Waals surface area contributed by atoms with E-state index in [1.807, 2.05) is 35.2 Å². The van der Waals surface area contributed by atoms with Crippen molar-refractivity contribution in [3.05, 3.63) is 82.4 Å². The minimum atomic E-state index is -0.480. The zero-order valence-electron chi connectivity index (χ0n) is 16.8. The molecule has 3 heterocycles. The minimum absolute atomic E-state index is 0.0329. The third-order valence-corrected chi connectivity index (χ3v) is 5.87. The monoisotopic (exact) mass is 419 g/mol. The van der Waals surface area contributed by atoms with E-state index >= 15 is 0 Å². The number of likely N-dealkylation sites (tertiary alicyclic amines) is 1. The van der Waals surface area contributed by atoms with Gasteiger partial charge < -0.3 is 9.88 Å². The summed E-state index contributed by atoms with van der Waals surface area (Å²) in [4.78, 5) is 30.4. The zero-order valence-corrected chi connectivity index (χ0v) is 16.8. The SMILES string of the molecule is O=C(c1cc2ccccc2[nH]1)N1CCC[C@@H](Cc2n[nH]c(=O)n2-c2ccccc2F)C1. The van der Waals surface area contributed by atoms with Crippen LogP contribution in [-0.4, -0.2) is 43.6 Å². The summed E-state index contributed by atoms with van der Waals surface area (Å²) in [5, 5.41) is 7.57. The molecule has 2 aromatic carbocycles. The summed E-state index contributed by atoms with van der Waals surface area (Å²) >= 11 is 0. The van der Waals surface area contributed by atoms with E-state index in [1.54, 1.807) is 18.2 Å². The Kier molecular flexibility index (Phi) is 4.89. The van der Waals surface area contributed by atoms with Crippen molar-refractivity contribution >= 4 is 16.8 Å². The van der Waals surface area contributed by atoms with Crippen LogP contribution in [0, 0.1) is 11.7 Å². The number of carbonyl (C=O) groups is 1. The summed E-state index contributed by atoms with van der Waals surface area (Å²) in [6.07, 6.45) is 2.25. The second-order valence-corrected chi connectivity index (χ2v) is 7.97. The molecule has 1 amide bonds. The Bertz CT molecular complexity index is 1270. The minimum Gasteiger partial charge on any atom is -0.351 e. The first-order chi connectivity index (χ1) is 15.1. The number of amides is 1. The largest absolute Gasteiger partial charge is 0.351 e. The standard InChI is InChI=1S/C23H22FN5O2/c24-17-8-2-4-10-20(17)29-21(26-27-23(29)31)12-15-6-5-11-28(14-15)22(30)19-13-16-7-1-3-9-18(16)25-19/h1-4,7-10,13,15,25H,5-6,11-12,14H2,(H,27,31)/t15-/m0/s1. The fourth-order valence-corrected chi connectivity index (χ4v) is 4.38. The normalized spacial score (nSPS) is 16.7. The second-order valence-electron chi connectivity index (χ2n) is 7.97. The number of hydrogen-bond donors (Lipinski definition) is 2. The molecule has 8 heteroatoms. The summed E-state index contributed by atoms with van der Waals surface area (Å²) in [5.74, 6) is 0.0868. The van der Waals surface area contributed by atoms with E-state index in [9.17, 15) is 14.0 Å². The summed E-state index contributed by atoms with van der Waals surface area (Å²) in [5.41, 5.74) is 1.22. The number of H-pyrrole nitrogens is 2. The molecular weight excluding hydrogens is 397 g/mol. The van der Waals surface area contributed by atoms with Crippen LogP contribution in [0.25, 0.3) is 16.6 Å². The van der Waals surface area contributed by atoms with E-state index in [0.717, 1.165) is 23.7 Å². The van der Waals surface area contributed by atoms with Gasteiger partial charge in [0.2, 0.25) is 0 Å². The van der Waals surface area contributed by atoms with Crippen LogP contribution in [0.2, 0.25) is 0 Å². The Morgan fingerprint density at radius 3 is 2.81 bits per heavy atom. The molecule has 5 rings (SSSR count). The van der Waals surface area contributed by atoms with E-state index < -0.39 is 11.5 Å². The number of benzene rings is 2. The highest BCUT2D eigenvalue weighted by Gasteiger charge is 2.27. The lowest BCUT2D eigenvalue weighted by Gasteiger charge is -2.32. The molecule has 0 radical (unpaired) electrons. The van der Waals surface area contributed by atoms with Gasteiger partial charge in [-0.05, 0) is 43.0 Å². The smallest absolute Gasteiger partial charge is 0.348 e. The van der Waals surface area contributed by atoms with Gasteiger partial charge in [-0.15, -0.1) is 0 Å². The Hall–Kier alpha value is -3.68. The van der Waals surface area contributed by atoms with Gasteiger partial charge in [-0.3, -0.25) is 4.79 Å². The van der Waals surface area contributed by atoms with Crippen LogP contribution in [-0.2, 0) is 6.42 Å². The maximum Gasteiger partial charge on any atom is 0.348 e. The Labute approximate surface area is 177 Å². The van der Waals surface area contributed by atoms with E-state index in [0.29, 0.717) is 31.0 Å². The van der Waals surface area contributed by atoms with Gasteiger partial charge in [0.05, 0.1) is 5.69 Å². The predicted octanol–water partition coefficient (Wildman–Crippen LogP) is 3.28. The highest BCUT2D eigenvalue weighted by molar-refractivity contribution is 5.98. The average Bonchev–Trinajstić information content (AvgIpc) is 3.37. The Morgan fingerprint density at radius 1 is 1.16 bits per heavy atom. The first-order valence-corrected chi connectivity index (χ1v) is 10.4. The molecule has 158 valence electrons. The number of halogens is 1. The van der Waals surface area contributed by atoms with Crippen molar-refractivity contribution in [1.82, 2.24) is 24.6 Å². The quantitative estimate of drug-likeness (QED) is 0.532. The number of nitrogens with zero attached hydrogens (tertiary/aromatic N) is 3. The van der Waals surface area contributed by atoms with Gasteiger partial charge in [0.15, 0.2) is 0 Å². The molecule has 2 aromatic heterocycles. The maximum atomic E-state index is 14.3. The molecule has 0 spiro atoms. The number of aromatic nitrogens is 4. The van der Waals surface area contributed by atoms with Crippen molar-refractivity contribution in [3.8, 4) is 5.69 Å². The Morgan fingerprint density at radius 2 is 1.97 bits per heavy atom. The van der Waals surface area contributed by atoms with Gasteiger partial charge >= 0.3 is 5.69 Å². The van der Waals surface area contributed by atoms with Gasteiger partial charge in [0, 0.05) is 30.4 Å². The lowest BCUT2D eigenvalue weighted by Crippen LogP contribution is -2.41. The fourth-order valence-electron chi connectivity index (χ4n) is 4.38. The van der Waals surface area contributed by atoms with Crippen molar-refractivity contribution in [3.63, 3.8) is 0 Å². The van der Waals surface area contributed by atoms with E-state index in [2.05, 4.69) is 15.2 Å². The van der Waals surface area contributed by atoms with Crippen LogP contribution in [0.3, 0.4) is 0 Å². The molecule has 0 bridgehead atoms. The van der Waals surface area contributed by atoms with Crippen molar-refractivity contribution in [2.75, 3.05) is 13.1 Å². The van der Waals surface area contributed by atoms with Crippen molar-refractivity contribution in [1.29, 1.82) is 0 Å². The third kappa shape index (κ3) is 3.65. The van der Waals surface area contributed by atoms with Crippen LogP contribution in [0.5, 0.6) is 0 Å². The number of hydrogen-bond acceptors (Lipinski definition) is 3. The summed E-state index contributed by atoms with van der Waals surface area (Å²) in [6.45, 7) is 1.25. The Balaban J connectivity index is 1.35. The molecule has 2 N–H and O–H groups in total. The lowest BCUT2D eigenvalue weighted by atomic mass is 9.94. The fraction of sp³-hybridized carbons (Fsp3) is 0.261. The zero-order chi connectivity index (χ0) is 21.4. The maximum absolute atomic E-state index is 14.3. The second kappa shape index (κ2) is 7.86. The van der Waals surface area contributed by atoms with Gasteiger partial charge in [-0.1, -0.05) is 30.3 Å². The van der Waals surface area contributed by atoms with Crippen molar-refractivity contribution in [2.45, 2.75) is 19.3 Å². The van der Waals surface area contributed by atoms with Gasteiger partial charge in [0.25, 0.3) is 5.91 Å². The van der Waals surface area contributed by atoms with Gasteiger partial charge in [0.1, 0.15) is 17.3 Å². The van der Waals surface area contributed by atoms with Crippen molar-refractivity contribution in [2.24, 2.45) is 5.92 Å². The first kappa shape index (κ1) is 19.3. The molecule has 1 aliphatic heterocycles. The lowest BCUT2D eigenvalue weighted by molar-refractivity contribution is 0.0667. The summed E-state index contributed by atoms with van der Waals surface area (Å²) < 4.78 is 15.6. The van der Waals surface area contributed by atoms with Crippen molar-refractivity contribution < 1.29 is 9.18 Å². The molecule has 0 aliphatic carbocycles. The third-order valence-electron chi connectivity index (χ3n) is 5.87. The van der Waals surface area contributed by atoms with Gasteiger partial charge in [-0.25, -0.2) is 18.9 Å². The number of para-hydroxylation sites is 2. The number of carbonyl (C=O) groups excluding carboxylic acids is 1. The molecule has 4 aromatic rings. The molecule has 1 fully saturated rings. The highest BCUT2D eigenvalue weighted by atomic mass is 19.1. The van der Waals surface area contributed by atoms with Crippen LogP contribution < -0.4 is 5.69 Å². The number of fused-ring (bicyclic) bond motifs is 1. The van der Waals surface area contributed by atoms with Crippen LogP contribution in [0.1, 0.15) is 29.2 Å². The molecule has 7 nitrogen and oxygen atoms in total.